The lowest BCUT2D eigenvalue weighted by Crippen LogP contribution is -2.63. The second-order valence-electron chi connectivity index (χ2n) is 8.68. The molecule has 1 saturated carbocycles. The lowest BCUT2D eigenvalue weighted by molar-refractivity contribution is -0.166. The van der Waals surface area contributed by atoms with E-state index in [-0.39, 0.29) is 40.8 Å². The van der Waals surface area contributed by atoms with E-state index >= 15 is 0 Å². The highest BCUT2D eigenvalue weighted by atomic mass is 32.2. The molecular weight excluding hydrogens is 440 g/mol. The van der Waals surface area contributed by atoms with Gasteiger partial charge in [0.1, 0.15) is 11.8 Å². The predicted molar refractivity (Wildman–Crippen MR) is 112 cm³/mol. The molecule has 1 aliphatic carbocycles. The Hall–Kier alpha value is -2.27. The van der Waals surface area contributed by atoms with Gasteiger partial charge in [-0.1, -0.05) is 6.92 Å². The molecule has 176 valence electrons. The van der Waals surface area contributed by atoms with Crippen LogP contribution in [0.2, 0.25) is 0 Å². The Labute approximate surface area is 190 Å². The maximum absolute atomic E-state index is 12.9. The molecule has 5 atom stereocenters. The summed E-state index contributed by atoms with van der Waals surface area (Å²) in [5.41, 5.74) is 0.0986. The number of rotatable bonds is 7. The number of thioether (sulfide) groups is 1. The number of carbonyl (C=O) groups is 4. The van der Waals surface area contributed by atoms with E-state index in [0.29, 0.717) is 17.9 Å². The zero-order valence-corrected chi connectivity index (χ0v) is 18.9. The Morgan fingerprint density at radius 2 is 1.97 bits per heavy atom. The number of carbonyl (C=O) groups excluding carboxylic acids is 4. The Morgan fingerprint density at radius 3 is 2.59 bits per heavy atom. The summed E-state index contributed by atoms with van der Waals surface area (Å²) in [7, 11) is 0. The molecule has 0 aromatic rings. The molecule has 4 rings (SSSR count). The molecule has 0 radical (unpaired) electrons. The van der Waals surface area contributed by atoms with Gasteiger partial charge >= 0.3 is 12.1 Å². The van der Waals surface area contributed by atoms with Crippen LogP contribution in [-0.2, 0) is 28.6 Å². The van der Waals surface area contributed by atoms with E-state index in [9.17, 15) is 24.3 Å². The number of hydrogen-bond acceptors (Lipinski definition) is 9. The molecule has 0 bridgehead atoms. The highest BCUT2D eigenvalue weighted by molar-refractivity contribution is 8.03. The van der Waals surface area contributed by atoms with Crippen LogP contribution >= 0.6 is 11.8 Å². The maximum atomic E-state index is 12.9. The molecule has 2 N–H and O–H groups in total. The number of nitrogens with one attached hydrogen (secondary N) is 1. The molecule has 3 aliphatic heterocycles. The third-order valence-corrected chi connectivity index (χ3v) is 7.95. The van der Waals surface area contributed by atoms with Crippen molar-refractivity contribution in [2.24, 2.45) is 11.8 Å². The third-order valence-electron chi connectivity index (χ3n) is 6.47. The van der Waals surface area contributed by atoms with Crippen LogP contribution in [0.3, 0.4) is 0 Å². The average molecular weight is 469 g/mol. The molecule has 11 heteroatoms. The van der Waals surface area contributed by atoms with Crippen LogP contribution in [-0.4, -0.2) is 70.8 Å². The molecule has 2 amide bonds. The fourth-order valence-corrected chi connectivity index (χ4v) is 6.29. The number of nitrogens with zero attached hydrogens (tertiary/aromatic N) is 1. The molecule has 3 heterocycles. The highest BCUT2D eigenvalue weighted by Crippen LogP contribution is 2.51. The quantitative estimate of drug-likeness (QED) is 0.322. The minimum absolute atomic E-state index is 0.0618. The van der Waals surface area contributed by atoms with Gasteiger partial charge in [-0.25, -0.2) is 9.59 Å². The van der Waals surface area contributed by atoms with Gasteiger partial charge in [0.15, 0.2) is 0 Å². The molecule has 1 unspecified atom stereocenters. The number of esters is 1. The second kappa shape index (κ2) is 9.30. The lowest BCUT2D eigenvalue weighted by atomic mass is 9.79. The largest absolute Gasteiger partial charge is 0.511 e. The molecule has 10 nitrogen and oxygen atoms in total. The first-order valence-corrected chi connectivity index (χ1v) is 11.8. The number of aliphatic hydroxyl groups excluding tert-OH is 1. The summed E-state index contributed by atoms with van der Waals surface area (Å²) in [6.07, 6.45) is 1.99. The topological polar surface area (TPSA) is 131 Å². The maximum Gasteiger partial charge on any atom is 0.511 e. The van der Waals surface area contributed by atoms with Gasteiger partial charge in [-0.3, -0.25) is 9.59 Å². The summed E-state index contributed by atoms with van der Waals surface area (Å²) in [6.45, 7) is 3.29. The third kappa shape index (κ3) is 4.32. The van der Waals surface area contributed by atoms with E-state index in [2.05, 4.69) is 5.32 Å². The van der Waals surface area contributed by atoms with E-state index in [4.69, 9.17) is 14.2 Å². The van der Waals surface area contributed by atoms with Gasteiger partial charge in [-0.2, -0.15) is 0 Å². The van der Waals surface area contributed by atoms with E-state index in [1.165, 1.54) is 16.7 Å². The Kier molecular flexibility index (Phi) is 6.66. The van der Waals surface area contributed by atoms with Crippen LogP contribution in [0.1, 0.15) is 46.0 Å². The van der Waals surface area contributed by atoms with Gasteiger partial charge in [0.25, 0.3) is 0 Å². The zero-order chi connectivity index (χ0) is 23.0. The van der Waals surface area contributed by atoms with Gasteiger partial charge in [0.05, 0.1) is 18.1 Å². The number of aliphatic hydroxyl groups is 1. The normalized spacial score (nSPS) is 30.7. The molecule has 3 fully saturated rings. The molecular formula is C21H28N2O8S. The number of hydrogen-bond donors (Lipinski definition) is 2. The minimum Gasteiger partial charge on any atom is -0.431 e. The van der Waals surface area contributed by atoms with E-state index in [0.717, 1.165) is 25.7 Å². The van der Waals surface area contributed by atoms with Crippen LogP contribution in [0, 0.1) is 11.8 Å². The van der Waals surface area contributed by atoms with Crippen molar-refractivity contribution in [2.45, 2.75) is 69.5 Å². The van der Waals surface area contributed by atoms with Crippen molar-refractivity contribution in [3.8, 4) is 0 Å². The summed E-state index contributed by atoms with van der Waals surface area (Å²) in [6, 6.07) is -0.356. The fraction of sp³-hybridized carbons (Fsp3) is 0.714. The summed E-state index contributed by atoms with van der Waals surface area (Å²) < 4.78 is 15.2. The zero-order valence-electron chi connectivity index (χ0n) is 18.1. The summed E-state index contributed by atoms with van der Waals surface area (Å²) in [5.74, 6) is -2.00. The number of fused-ring (bicyclic) bond motifs is 1. The minimum atomic E-state index is -0.893. The molecule has 32 heavy (non-hydrogen) atoms. The molecule has 4 aliphatic rings. The van der Waals surface area contributed by atoms with Crippen molar-refractivity contribution in [3.05, 3.63) is 10.6 Å². The van der Waals surface area contributed by atoms with Crippen LogP contribution in [0.15, 0.2) is 10.6 Å². The fourth-order valence-electron chi connectivity index (χ4n) is 4.89. The van der Waals surface area contributed by atoms with Crippen LogP contribution in [0.25, 0.3) is 0 Å². The van der Waals surface area contributed by atoms with Crippen LogP contribution in [0.4, 0.5) is 4.79 Å². The van der Waals surface area contributed by atoms with Crippen molar-refractivity contribution in [1.82, 2.24) is 10.2 Å². The molecule has 0 aromatic heterocycles. The van der Waals surface area contributed by atoms with Crippen LogP contribution in [0.5, 0.6) is 0 Å². The van der Waals surface area contributed by atoms with E-state index < -0.39 is 30.9 Å². The van der Waals surface area contributed by atoms with Crippen molar-refractivity contribution in [1.29, 1.82) is 0 Å². The van der Waals surface area contributed by atoms with Gasteiger partial charge in [-0.05, 0) is 32.6 Å². The predicted octanol–water partition coefficient (Wildman–Crippen LogP) is 1.27. The van der Waals surface area contributed by atoms with Crippen LogP contribution < -0.4 is 5.32 Å². The molecule has 0 spiro atoms. The van der Waals surface area contributed by atoms with Crippen molar-refractivity contribution < 1.29 is 38.5 Å². The first kappa shape index (κ1) is 22.9. The smallest absolute Gasteiger partial charge is 0.431 e. The standard InChI is InChI=1S/C21H28N2O8S/c1-10-16-15(11(2)24)19(26)23(16)17(18(10)32-13-7-14(25)22-8-13)20(27)29-9-30-21(28)31-12-5-3-4-6-12/h10-13,15-16,24H,3-9H2,1-2H3,(H,22,25)/t10-,11-,13?,15-,16-/m1/s1. The Bertz CT molecular complexity index is 838. The average Bonchev–Trinajstić information content (AvgIpc) is 3.43. The highest BCUT2D eigenvalue weighted by Gasteiger charge is 2.60. The molecule has 0 aromatic carbocycles. The number of β-lactam (4-membered cyclic amide) rings is 1. The Balaban J connectivity index is 1.43. The SMILES string of the molecule is C[C@@H](O)[C@H]1C(=O)N2C(C(=O)OCOC(=O)OC3CCCC3)=C(SC3CNC(=O)C3)[C@H](C)[C@H]12. The Morgan fingerprint density at radius 1 is 1.25 bits per heavy atom. The summed E-state index contributed by atoms with van der Waals surface area (Å²) in [5, 5.41) is 12.7. The monoisotopic (exact) mass is 468 g/mol. The molecule has 2 saturated heterocycles. The van der Waals surface area contributed by atoms with Gasteiger partial charge in [-0.15, -0.1) is 11.8 Å². The van der Waals surface area contributed by atoms with Crippen molar-refractivity contribution >= 4 is 35.7 Å². The van der Waals surface area contributed by atoms with Gasteiger partial charge in [0.2, 0.25) is 18.6 Å². The van der Waals surface area contributed by atoms with E-state index in [1.54, 1.807) is 6.92 Å². The van der Waals surface area contributed by atoms with E-state index in [1.807, 2.05) is 6.92 Å². The number of ether oxygens (including phenoxy) is 3. The summed E-state index contributed by atoms with van der Waals surface area (Å²) in [4.78, 5) is 51.0. The number of amides is 2. The van der Waals surface area contributed by atoms with Crippen molar-refractivity contribution in [2.75, 3.05) is 13.3 Å². The lowest BCUT2D eigenvalue weighted by Gasteiger charge is -2.46. The van der Waals surface area contributed by atoms with Gasteiger partial charge < -0.3 is 29.5 Å². The van der Waals surface area contributed by atoms with Gasteiger partial charge in [0, 0.05) is 29.0 Å². The van der Waals surface area contributed by atoms with Crippen molar-refractivity contribution in [3.63, 3.8) is 0 Å². The first-order valence-electron chi connectivity index (χ1n) is 11.0. The second-order valence-corrected chi connectivity index (χ2v) is 10.0. The summed E-state index contributed by atoms with van der Waals surface area (Å²) >= 11 is 1.37. The first-order chi connectivity index (χ1) is 15.3.